The molecule has 0 amide bonds. The van der Waals surface area contributed by atoms with Crippen LogP contribution in [0.3, 0.4) is 0 Å². The minimum absolute atomic E-state index is 0.639. The van der Waals surface area contributed by atoms with Gasteiger partial charge in [0.1, 0.15) is 0 Å². The van der Waals surface area contributed by atoms with Crippen LogP contribution in [0.5, 0.6) is 0 Å². The summed E-state index contributed by atoms with van der Waals surface area (Å²) in [5.74, 6) is 1.98. The van der Waals surface area contributed by atoms with Gasteiger partial charge in [-0.3, -0.25) is 0 Å². The van der Waals surface area contributed by atoms with Crippen molar-refractivity contribution in [3.8, 4) is 0 Å². The zero-order valence-electron chi connectivity index (χ0n) is 11.3. The third-order valence-corrected chi connectivity index (χ3v) is 4.25. The average molecular weight is 251 g/mol. The van der Waals surface area contributed by atoms with Gasteiger partial charge in [0.2, 0.25) is 0 Å². The maximum Gasteiger partial charge on any atom is 0.0164 e. The molecule has 0 aliphatic rings. The van der Waals surface area contributed by atoms with Crippen molar-refractivity contribution in [3.05, 3.63) is 30.3 Å². The summed E-state index contributed by atoms with van der Waals surface area (Å²) in [6, 6.07) is 11.3. The summed E-state index contributed by atoms with van der Waals surface area (Å²) in [6.45, 7) is 7.88. The monoisotopic (exact) mass is 251 g/mol. The van der Waals surface area contributed by atoms with Crippen molar-refractivity contribution in [2.24, 2.45) is 5.92 Å². The molecule has 2 heteroatoms. The van der Waals surface area contributed by atoms with E-state index in [0.29, 0.717) is 6.04 Å². The van der Waals surface area contributed by atoms with Gasteiger partial charge < -0.3 is 5.32 Å². The van der Waals surface area contributed by atoms with Crippen molar-refractivity contribution in [2.75, 3.05) is 12.3 Å². The van der Waals surface area contributed by atoms with Crippen molar-refractivity contribution >= 4 is 11.8 Å². The van der Waals surface area contributed by atoms with Crippen molar-refractivity contribution in [1.82, 2.24) is 5.32 Å². The van der Waals surface area contributed by atoms with Gasteiger partial charge in [0.15, 0.2) is 0 Å². The Kier molecular flexibility index (Phi) is 7.38. The van der Waals surface area contributed by atoms with Crippen LogP contribution < -0.4 is 5.32 Å². The molecule has 17 heavy (non-hydrogen) atoms. The van der Waals surface area contributed by atoms with E-state index in [1.54, 1.807) is 0 Å². The standard InChI is InChI=1S/C15H25NS/c1-4-13(3)11-14(16-5-2)12-17-15-9-7-6-8-10-15/h6-10,13-14,16H,4-5,11-12H2,1-3H3. The van der Waals surface area contributed by atoms with Crippen LogP contribution in [0.25, 0.3) is 0 Å². The Balaban J connectivity index is 2.38. The van der Waals surface area contributed by atoms with Crippen LogP contribution >= 0.6 is 11.8 Å². The summed E-state index contributed by atoms with van der Waals surface area (Å²) in [4.78, 5) is 1.37. The first-order valence-electron chi connectivity index (χ1n) is 6.67. The van der Waals surface area contributed by atoms with Crippen LogP contribution in [0.2, 0.25) is 0 Å². The molecule has 1 rings (SSSR count). The molecular formula is C15H25NS. The Labute approximate surface area is 110 Å². The molecule has 0 aliphatic heterocycles. The van der Waals surface area contributed by atoms with E-state index in [1.807, 2.05) is 11.8 Å². The summed E-state index contributed by atoms with van der Waals surface area (Å²) in [5.41, 5.74) is 0. The Morgan fingerprint density at radius 1 is 1.18 bits per heavy atom. The first-order valence-corrected chi connectivity index (χ1v) is 7.66. The molecule has 0 bridgehead atoms. The minimum Gasteiger partial charge on any atom is -0.313 e. The molecule has 1 nitrogen and oxygen atoms in total. The fourth-order valence-electron chi connectivity index (χ4n) is 1.86. The highest BCUT2D eigenvalue weighted by Crippen LogP contribution is 2.20. The summed E-state index contributed by atoms with van der Waals surface area (Å²) >= 11 is 1.96. The second-order valence-electron chi connectivity index (χ2n) is 4.63. The molecule has 0 saturated heterocycles. The second-order valence-corrected chi connectivity index (χ2v) is 5.72. The third kappa shape index (κ3) is 6.13. The number of thioether (sulfide) groups is 1. The molecule has 0 aromatic heterocycles. The Morgan fingerprint density at radius 3 is 2.47 bits per heavy atom. The predicted octanol–water partition coefficient (Wildman–Crippen LogP) is 4.19. The van der Waals surface area contributed by atoms with Gasteiger partial charge in [-0.25, -0.2) is 0 Å². The lowest BCUT2D eigenvalue weighted by molar-refractivity contribution is 0.423. The van der Waals surface area contributed by atoms with Gasteiger partial charge in [0, 0.05) is 16.7 Å². The largest absolute Gasteiger partial charge is 0.313 e. The highest BCUT2D eigenvalue weighted by molar-refractivity contribution is 7.99. The van der Waals surface area contributed by atoms with Crippen LogP contribution in [-0.4, -0.2) is 18.3 Å². The molecule has 0 saturated carbocycles. The Hall–Kier alpha value is -0.470. The smallest absolute Gasteiger partial charge is 0.0164 e. The van der Waals surface area contributed by atoms with Crippen molar-refractivity contribution in [2.45, 2.75) is 44.6 Å². The summed E-state index contributed by atoms with van der Waals surface area (Å²) in [6.07, 6.45) is 2.56. The van der Waals surface area contributed by atoms with Crippen LogP contribution in [0, 0.1) is 5.92 Å². The number of rotatable bonds is 8. The number of hydrogen-bond donors (Lipinski definition) is 1. The zero-order valence-corrected chi connectivity index (χ0v) is 12.1. The fourth-order valence-corrected chi connectivity index (χ4v) is 2.86. The van der Waals surface area contributed by atoms with Gasteiger partial charge in [0.25, 0.3) is 0 Å². The first-order chi connectivity index (χ1) is 8.26. The number of benzene rings is 1. The lowest BCUT2D eigenvalue weighted by Gasteiger charge is -2.20. The molecule has 0 radical (unpaired) electrons. The van der Waals surface area contributed by atoms with Gasteiger partial charge in [-0.1, -0.05) is 45.4 Å². The number of nitrogens with one attached hydrogen (secondary N) is 1. The summed E-state index contributed by atoms with van der Waals surface area (Å²) in [7, 11) is 0. The Bertz CT molecular complexity index is 286. The molecule has 1 aromatic carbocycles. The Morgan fingerprint density at radius 2 is 1.88 bits per heavy atom. The molecule has 2 unspecified atom stereocenters. The zero-order chi connectivity index (χ0) is 12.5. The average Bonchev–Trinajstić information content (AvgIpc) is 2.37. The van der Waals surface area contributed by atoms with E-state index in [1.165, 1.54) is 23.5 Å². The van der Waals surface area contributed by atoms with E-state index < -0.39 is 0 Å². The lowest BCUT2D eigenvalue weighted by atomic mass is 10.0. The number of hydrogen-bond acceptors (Lipinski definition) is 2. The molecule has 0 aliphatic carbocycles. The van der Waals surface area contributed by atoms with E-state index in [4.69, 9.17) is 0 Å². The molecule has 2 atom stereocenters. The summed E-state index contributed by atoms with van der Waals surface area (Å²) < 4.78 is 0. The molecular weight excluding hydrogens is 226 g/mol. The normalized spacial score (nSPS) is 14.5. The van der Waals surface area contributed by atoms with Crippen LogP contribution in [0.15, 0.2) is 35.2 Å². The van der Waals surface area contributed by atoms with Gasteiger partial charge in [0.05, 0.1) is 0 Å². The summed E-state index contributed by atoms with van der Waals surface area (Å²) in [5, 5.41) is 3.60. The van der Waals surface area contributed by atoms with E-state index in [0.717, 1.165) is 12.5 Å². The van der Waals surface area contributed by atoms with E-state index >= 15 is 0 Å². The van der Waals surface area contributed by atoms with E-state index in [2.05, 4.69) is 56.4 Å². The highest BCUT2D eigenvalue weighted by atomic mass is 32.2. The minimum atomic E-state index is 0.639. The molecule has 1 N–H and O–H groups in total. The topological polar surface area (TPSA) is 12.0 Å². The van der Waals surface area contributed by atoms with Crippen molar-refractivity contribution < 1.29 is 0 Å². The molecule has 1 aromatic rings. The SMILES string of the molecule is CCNC(CSc1ccccc1)CC(C)CC. The van der Waals surface area contributed by atoms with Gasteiger partial charge in [-0.15, -0.1) is 11.8 Å². The van der Waals surface area contributed by atoms with Crippen molar-refractivity contribution in [1.29, 1.82) is 0 Å². The van der Waals surface area contributed by atoms with E-state index in [-0.39, 0.29) is 0 Å². The van der Waals surface area contributed by atoms with E-state index in [9.17, 15) is 0 Å². The molecule has 0 spiro atoms. The molecule has 96 valence electrons. The van der Waals surface area contributed by atoms with Crippen LogP contribution in [0.4, 0.5) is 0 Å². The third-order valence-electron chi connectivity index (χ3n) is 3.07. The van der Waals surface area contributed by atoms with Crippen LogP contribution in [0.1, 0.15) is 33.6 Å². The lowest BCUT2D eigenvalue weighted by Crippen LogP contribution is -2.32. The van der Waals surface area contributed by atoms with Gasteiger partial charge in [-0.2, -0.15) is 0 Å². The molecule has 0 heterocycles. The fraction of sp³-hybridized carbons (Fsp3) is 0.600. The van der Waals surface area contributed by atoms with Gasteiger partial charge in [-0.05, 0) is 31.0 Å². The van der Waals surface area contributed by atoms with Crippen LogP contribution in [-0.2, 0) is 0 Å². The second kappa shape index (κ2) is 8.60. The predicted molar refractivity (Wildman–Crippen MR) is 78.7 cm³/mol. The molecule has 0 fully saturated rings. The first kappa shape index (κ1) is 14.6. The van der Waals surface area contributed by atoms with Crippen molar-refractivity contribution in [3.63, 3.8) is 0 Å². The quantitative estimate of drug-likeness (QED) is 0.695. The maximum atomic E-state index is 3.60. The highest BCUT2D eigenvalue weighted by Gasteiger charge is 2.11. The maximum absolute atomic E-state index is 3.60. The van der Waals surface area contributed by atoms with Gasteiger partial charge >= 0.3 is 0 Å².